The number of nitrogens with two attached hydrogens (primary N) is 1. The van der Waals surface area contributed by atoms with Crippen LogP contribution in [0.1, 0.15) is 42.4 Å². The monoisotopic (exact) mass is 550 g/mol. The van der Waals surface area contributed by atoms with Gasteiger partial charge in [-0.25, -0.2) is 26.7 Å². The molecule has 38 heavy (non-hydrogen) atoms. The minimum Gasteiger partial charge on any atom is -0.353 e. The number of fused-ring (bicyclic) bond motifs is 1. The third kappa shape index (κ3) is 6.48. The molecule has 3 rings (SSSR count). The highest BCUT2D eigenvalue weighted by atomic mass is 32.2. The van der Waals surface area contributed by atoms with Crippen LogP contribution in [0.25, 0.3) is 10.9 Å². The molecule has 2 aromatic carbocycles. The van der Waals surface area contributed by atoms with Gasteiger partial charge >= 0.3 is 0 Å². The molecule has 10 nitrogen and oxygen atoms in total. The molecule has 0 aliphatic rings. The first-order chi connectivity index (χ1) is 17.6. The van der Waals surface area contributed by atoms with Gasteiger partial charge in [-0.1, -0.05) is 26.8 Å². The lowest BCUT2D eigenvalue weighted by Crippen LogP contribution is -2.54. The predicted molar refractivity (Wildman–Crippen MR) is 132 cm³/mol. The maximum absolute atomic E-state index is 14.8. The van der Waals surface area contributed by atoms with Gasteiger partial charge in [0.25, 0.3) is 5.91 Å². The molecule has 0 fully saturated rings. The van der Waals surface area contributed by atoms with Crippen molar-refractivity contribution in [2.24, 2.45) is 10.6 Å². The van der Waals surface area contributed by atoms with Crippen LogP contribution in [0.2, 0.25) is 0 Å². The first-order valence-corrected chi connectivity index (χ1v) is 13.0. The van der Waals surface area contributed by atoms with Gasteiger partial charge in [0.15, 0.2) is 17.3 Å². The summed E-state index contributed by atoms with van der Waals surface area (Å²) in [7, 11) is -3.83. The topological polar surface area (TPSA) is 160 Å². The number of hydrogen-bond donors (Lipinski definition) is 3. The number of halogens is 3. The van der Waals surface area contributed by atoms with Crippen molar-refractivity contribution in [2.75, 3.05) is 12.3 Å². The van der Waals surface area contributed by atoms with E-state index in [2.05, 4.69) is 15.7 Å². The Kier molecular flexibility index (Phi) is 8.13. The van der Waals surface area contributed by atoms with Crippen molar-refractivity contribution in [1.82, 2.24) is 20.4 Å². The van der Waals surface area contributed by atoms with Gasteiger partial charge < -0.3 is 10.6 Å². The maximum atomic E-state index is 14.8. The molecule has 0 saturated carbocycles. The van der Waals surface area contributed by atoms with Crippen LogP contribution in [0.4, 0.5) is 13.2 Å². The van der Waals surface area contributed by atoms with Crippen LogP contribution >= 0.6 is 0 Å². The molecule has 14 heteroatoms. The average molecular weight is 551 g/mol. The summed E-state index contributed by atoms with van der Waals surface area (Å²) in [6.45, 7) is 4.26. The number of benzene rings is 2. The summed E-state index contributed by atoms with van der Waals surface area (Å²) in [6.07, 6.45) is 0. The number of carbonyl (C=O) groups excluding carboxylic acids is 2. The summed E-state index contributed by atoms with van der Waals surface area (Å²) in [4.78, 5) is 26.0. The Morgan fingerprint density at radius 3 is 2.42 bits per heavy atom. The summed E-state index contributed by atoms with van der Waals surface area (Å²) < 4.78 is 66.7. The summed E-state index contributed by atoms with van der Waals surface area (Å²) >= 11 is 0. The van der Waals surface area contributed by atoms with Gasteiger partial charge in [0.1, 0.15) is 17.4 Å². The SMILES string of the molecule is CC(C)(C)[C@H](NC(=O)c1nn(Cc2ccc(C#N)cc2F)c2c(F)c(F)ccc12)C(=O)NCCS(N)(=O)=O. The normalized spacial score (nSPS) is 12.7. The minimum atomic E-state index is -3.83. The molecule has 0 saturated heterocycles. The molecular weight excluding hydrogens is 525 g/mol. The van der Waals surface area contributed by atoms with Crippen molar-refractivity contribution in [3.8, 4) is 6.07 Å². The molecule has 3 aromatic rings. The third-order valence-electron chi connectivity index (χ3n) is 5.61. The Bertz CT molecular complexity index is 1560. The van der Waals surface area contributed by atoms with E-state index < -0.39 is 68.6 Å². The second-order valence-electron chi connectivity index (χ2n) is 9.61. The van der Waals surface area contributed by atoms with Crippen molar-refractivity contribution in [3.63, 3.8) is 0 Å². The fourth-order valence-corrected chi connectivity index (χ4v) is 4.08. The van der Waals surface area contributed by atoms with Gasteiger partial charge in [-0.3, -0.25) is 14.3 Å². The Morgan fingerprint density at radius 2 is 1.84 bits per heavy atom. The van der Waals surface area contributed by atoms with E-state index in [4.69, 9.17) is 10.4 Å². The molecule has 0 aliphatic carbocycles. The van der Waals surface area contributed by atoms with Gasteiger partial charge in [0.05, 0.1) is 23.9 Å². The molecule has 0 spiro atoms. The highest BCUT2D eigenvalue weighted by molar-refractivity contribution is 7.89. The van der Waals surface area contributed by atoms with Crippen molar-refractivity contribution >= 4 is 32.7 Å². The molecule has 0 unspecified atom stereocenters. The fraction of sp³-hybridized carbons (Fsp3) is 0.333. The van der Waals surface area contributed by atoms with Gasteiger partial charge in [-0.15, -0.1) is 0 Å². The predicted octanol–water partition coefficient (Wildman–Crippen LogP) is 1.92. The molecule has 0 bridgehead atoms. The Balaban J connectivity index is 1.98. The number of aromatic nitrogens is 2. The molecular formula is C24H25F3N6O4S. The zero-order chi connectivity index (χ0) is 28.4. The molecule has 2 amide bonds. The fourth-order valence-electron chi connectivity index (χ4n) is 3.69. The lowest BCUT2D eigenvalue weighted by atomic mass is 9.86. The zero-order valence-electron chi connectivity index (χ0n) is 20.7. The van der Waals surface area contributed by atoms with Gasteiger partial charge in [-0.05, 0) is 29.7 Å². The first-order valence-electron chi connectivity index (χ1n) is 11.2. The molecule has 202 valence electrons. The first kappa shape index (κ1) is 28.6. The number of primary sulfonamides is 1. The standard InChI is InChI=1S/C24H25F3N6O4S/c1-24(2,3)21(23(35)30-8-9-38(29,36)37)31-22(34)19-15-6-7-16(25)18(27)20(15)33(32-19)12-14-5-4-13(11-28)10-17(14)26/h4-7,10,21H,8-9,12H2,1-3H3,(H,30,35)(H,31,34)(H2,29,36,37)/t21-/m1/s1. The number of nitrogens with zero attached hydrogens (tertiary/aromatic N) is 3. The number of nitrogens with one attached hydrogen (secondary N) is 2. The lowest BCUT2D eigenvalue weighted by Gasteiger charge is -2.30. The second kappa shape index (κ2) is 10.8. The Labute approximate surface area is 216 Å². The van der Waals surface area contributed by atoms with Crippen molar-refractivity contribution in [1.29, 1.82) is 5.26 Å². The van der Waals surface area contributed by atoms with Crippen LogP contribution in [0.3, 0.4) is 0 Å². The van der Waals surface area contributed by atoms with E-state index >= 15 is 0 Å². The second-order valence-corrected chi connectivity index (χ2v) is 11.3. The molecule has 1 heterocycles. The molecule has 0 aliphatic heterocycles. The molecule has 1 aromatic heterocycles. The van der Waals surface area contributed by atoms with Gasteiger partial charge in [-0.2, -0.15) is 10.4 Å². The summed E-state index contributed by atoms with van der Waals surface area (Å²) in [6, 6.07) is 6.17. The minimum absolute atomic E-state index is 0.00539. The van der Waals surface area contributed by atoms with Gasteiger partial charge in [0.2, 0.25) is 15.9 Å². The van der Waals surface area contributed by atoms with Crippen LogP contribution in [-0.4, -0.2) is 48.4 Å². The van der Waals surface area contributed by atoms with E-state index in [0.29, 0.717) is 0 Å². The number of carbonyl (C=O) groups is 2. The molecule has 1 atom stereocenters. The van der Waals surface area contributed by atoms with Crippen molar-refractivity contribution in [2.45, 2.75) is 33.4 Å². The number of rotatable bonds is 8. The molecule has 0 radical (unpaired) electrons. The van der Waals surface area contributed by atoms with Crippen LogP contribution in [0.5, 0.6) is 0 Å². The Morgan fingerprint density at radius 1 is 1.16 bits per heavy atom. The van der Waals surface area contributed by atoms with Gasteiger partial charge in [0, 0.05) is 17.5 Å². The van der Waals surface area contributed by atoms with E-state index in [1.165, 1.54) is 12.1 Å². The largest absolute Gasteiger partial charge is 0.353 e. The number of hydrogen-bond acceptors (Lipinski definition) is 6. The third-order valence-corrected chi connectivity index (χ3v) is 6.38. The van der Waals surface area contributed by atoms with Crippen LogP contribution in [0.15, 0.2) is 30.3 Å². The number of amides is 2. The number of nitriles is 1. The van der Waals surface area contributed by atoms with Crippen molar-refractivity contribution in [3.05, 3.63) is 64.6 Å². The van der Waals surface area contributed by atoms with E-state index in [0.717, 1.165) is 22.9 Å². The van der Waals surface area contributed by atoms with E-state index in [1.54, 1.807) is 26.8 Å². The highest BCUT2D eigenvalue weighted by Crippen LogP contribution is 2.26. The van der Waals surface area contributed by atoms with E-state index in [9.17, 15) is 31.2 Å². The van der Waals surface area contributed by atoms with Crippen LogP contribution in [-0.2, 0) is 21.4 Å². The molecule has 4 N–H and O–H groups in total. The quantitative estimate of drug-likeness (QED) is 0.389. The summed E-state index contributed by atoms with van der Waals surface area (Å²) in [5, 5.41) is 22.8. The number of sulfonamides is 1. The summed E-state index contributed by atoms with van der Waals surface area (Å²) in [5.74, 6) is -5.42. The Hall–Kier alpha value is -3.96. The average Bonchev–Trinajstić information content (AvgIpc) is 3.18. The lowest BCUT2D eigenvalue weighted by molar-refractivity contribution is -0.125. The van der Waals surface area contributed by atoms with Crippen LogP contribution in [0, 0.1) is 34.2 Å². The highest BCUT2D eigenvalue weighted by Gasteiger charge is 2.34. The van der Waals surface area contributed by atoms with E-state index in [-0.39, 0.29) is 28.8 Å². The van der Waals surface area contributed by atoms with E-state index in [1.807, 2.05) is 0 Å². The maximum Gasteiger partial charge on any atom is 0.273 e. The van der Waals surface area contributed by atoms with Crippen molar-refractivity contribution < 1.29 is 31.2 Å². The van der Waals surface area contributed by atoms with Crippen LogP contribution < -0.4 is 15.8 Å². The zero-order valence-corrected chi connectivity index (χ0v) is 21.5. The summed E-state index contributed by atoms with van der Waals surface area (Å²) in [5.41, 5.74) is -1.54. The smallest absolute Gasteiger partial charge is 0.273 e.